The lowest BCUT2D eigenvalue weighted by Crippen LogP contribution is -2.45. The van der Waals surface area contributed by atoms with Crippen molar-refractivity contribution in [3.63, 3.8) is 0 Å². The number of cyclic esters (lactones) is 1. The second kappa shape index (κ2) is 8.56. The summed E-state index contributed by atoms with van der Waals surface area (Å²) in [6.07, 6.45) is 4.61. The van der Waals surface area contributed by atoms with E-state index in [9.17, 15) is 9.59 Å². The maximum absolute atomic E-state index is 12.5. The molecule has 1 aromatic heterocycles. The summed E-state index contributed by atoms with van der Waals surface area (Å²) in [4.78, 5) is 30.9. The number of amides is 1. The predicted molar refractivity (Wildman–Crippen MR) is 115 cm³/mol. The second-order valence-electron chi connectivity index (χ2n) is 8.45. The fourth-order valence-electron chi connectivity index (χ4n) is 4.26. The van der Waals surface area contributed by atoms with Crippen molar-refractivity contribution in [3.8, 4) is 0 Å². The number of rotatable bonds is 5. The third kappa shape index (κ3) is 4.24. The van der Waals surface area contributed by atoms with E-state index in [1.54, 1.807) is 6.20 Å². The lowest BCUT2D eigenvalue weighted by atomic mass is 9.96. The molecule has 0 unspecified atom stereocenters. The molecular weight excluding hydrogens is 378 g/mol. The van der Waals surface area contributed by atoms with Gasteiger partial charge in [0.2, 0.25) is 0 Å². The Morgan fingerprint density at radius 2 is 1.97 bits per heavy atom. The molecule has 0 spiro atoms. The Kier molecular flexibility index (Phi) is 5.86. The standard InChI is InChI=1S/C24H29N3O3/c1-15-12-22(25-13-16(15)2)23(28)26-19-7-10-27(11-8-19)9-6-18-4-5-20-21(17(18)3)14-30-24(20)29/h4-5,12-13,19H,6-11,14H2,1-3H3,(H,26,28). The molecule has 1 fully saturated rings. The molecule has 6 heteroatoms. The number of esters is 1. The Balaban J connectivity index is 1.27. The Labute approximate surface area is 177 Å². The number of piperidine rings is 1. The highest BCUT2D eigenvalue weighted by Crippen LogP contribution is 2.26. The van der Waals surface area contributed by atoms with Crippen molar-refractivity contribution in [3.05, 3.63) is 63.5 Å². The lowest BCUT2D eigenvalue weighted by molar-refractivity contribution is 0.0534. The summed E-state index contributed by atoms with van der Waals surface area (Å²) in [5.41, 5.74) is 6.89. The smallest absolute Gasteiger partial charge is 0.338 e. The van der Waals surface area contributed by atoms with E-state index >= 15 is 0 Å². The summed E-state index contributed by atoms with van der Waals surface area (Å²) in [6.45, 7) is 9.39. The molecular formula is C24H29N3O3. The molecule has 158 valence electrons. The molecule has 0 radical (unpaired) electrons. The van der Waals surface area contributed by atoms with Crippen molar-refractivity contribution >= 4 is 11.9 Å². The highest BCUT2D eigenvalue weighted by atomic mass is 16.5. The van der Waals surface area contributed by atoms with Gasteiger partial charge in [-0.3, -0.25) is 9.78 Å². The first-order valence-corrected chi connectivity index (χ1v) is 10.7. The highest BCUT2D eigenvalue weighted by Gasteiger charge is 2.25. The van der Waals surface area contributed by atoms with Crippen LogP contribution in [0.1, 0.15) is 61.5 Å². The van der Waals surface area contributed by atoms with Crippen LogP contribution >= 0.6 is 0 Å². The summed E-state index contributed by atoms with van der Waals surface area (Å²) in [5.74, 6) is -0.290. The van der Waals surface area contributed by atoms with E-state index in [-0.39, 0.29) is 17.9 Å². The number of likely N-dealkylation sites (tertiary alicyclic amines) is 1. The Morgan fingerprint density at radius 1 is 1.20 bits per heavy atom. The average molecular weight is 408 g/mol. The number of benzene rings is 1. The number of ether oxygens (including phenoxy) is 1. The fraction of sp³-hybridized carbons (Fsp3) is 0.458. The van der Waals surface area contributed by atoms with E-state index in [1.807, 2.05) is 26.0 Å². The molecule has 0 saturated carbocycles. The quantitative estimate of drug-likeness (QED) is 0.771. The number of pyridine rings is 1. The molecule has 4 rings (SSSR count). The number of aromatic nitrogens is 1. The van der Waals surface area contributed by atoms with Crippen LogP contribution in [0, 0.1) is 20.8 Å². The Morgan fingerprint density at radius 3 is 2.70 bits per heavy atom. The van der Waals surface area contributed by atoms with Crippen molar-refractivity contribution in [2.75, 3.05) is 19.6 Å². The fourth-order valence-corrected chi connectivity index (χ4v) is 4.26. The highest BCUT2D eigenvalue weighted by molar-refractivity contribution is 5.94. The number of carbonyl (C=O) groups excluding carboxylic acids is 2. The van der Waals surface area contributed by atoms with E-state index in [0.717, 1.165) is 55.6 Å². The van der Waals surface area contributed by atoms with Crippen LogP contribution in [0.25, 0.3) is 0 Å². The van der Waals surface area contributed by atoms with Crippen molar-refractivity contribution in [2.45, 2.75) is 52.7 Å². The van der Waals surface area contributed by atoms with Crippen LogP contribution in [0.4, 0.5) is 0 Å². The minimum atomic E-state index is -0.209. The van der Waals surface area contributed by atoms with E-state index < -0.39 is 0 Å². The zero-order valence-corrected chi connectivity index (χ0v) is 18.0. The van der Waals surface area contributed by atoms with E-state index in [4.69, 9.17) is 4.74 Å². The summed E-state index contributed by atoms with van der Waals surface area (Å²) in [7, 11) is 0. The van der Waals surface area contributed by atoms with E-state index in [2.05, 4.69) is 28.2 Å². The molecule has 30 heavy (non-hydrogen) atoms. The van der Waals surface area contributed by atoms with Gasteiger partial charge >= 0.3 is 5.97 Å². The molecule has 0 atom stereocenters. The molecule has 0 aliphatic carbocycles. The van der Waals surface area contributed by atoms with Crippen LogP contribution in [0.15, 0.2) is 24.4 Å². The number of nitrogens with zero attached hydrogens (tertiary/aromatic N) is 2. The van der Waals surface area contributed by atoms with E-state index in [1.165, 1.54) is 11.1 Å². The van der Waals surface area contributed by atoms with Crippen molar-refractivity contribution < 1.29 is 14.3 Å². The van der Waals surface area contributed by atoms with Gasteiger partial charge in [-0.1, -0.05) is 6.07 Å². The molecule has 0 bridgehead atoms. The summed E-state index contributed by atoms with van der Waals surface area (Å²) in [6, 6.07) is 6.01. The second-order valence-corrected chi connectivity index (χ2v) is 8.45. The zero-order chi connectivity index (χ0) is 21.3. The van der Waals surface area contributed by atoms with Gasteiger partial charge in [0, 0.05) is 37.4 Å². The SMILES string of the molecule is Cc1cnc(C(=O)NC2CCN(CCc3ccc4c(c3C)COC4=O)CC2)cc1C. The molecule has 1 aromatic carbocycles. The van der Waals surface area contributed by atoms with Crippen LogP contribution in [0.2, 0.25) is 0 Å². The zero-order valence-electron chi connectivity index (χ0n) is 18.0. The molecule has 2 aliphatic heterocycles. The van der Waals surface area contributed by atoms with Gasteiger partial charge in [-0.15, -0.1) is 0 Å². The van der Waals surface area contributed by atoms with Gasteiger partial charge in [0.1, 0.15) is 12.3 Å². The van der Waals surface area contributed by atoms with Crippen molar-refractivity contribution in [2.24, 2.45) is 0 Å². The minimum absolute atomic E-state index is 0.0814. The Bertz CT molecular complexity index is 978. The molecule has 2 aromatic rings. The molecule has 1 N–H and O–H groups in total. The molecule has 3 heterocycles. The lowest BCUT2D eigenvalue weighted by Gasteiger charge is -2.32. The van der Waals surface area contributed by atoms with Gasteiger partial charge in [0.05, 0.1) is 5.56 Å². The molecule has 1 saturated heterocycles. The Hall–Kier alpha value is -2.73. The van der Waals surface area contributed by atoms with Crippen LogP contribution in [-0.4, -0.2) is 47.4 Å². The van der Waals surface area contributed by atoms with Gasteiger partial charge in [0.15, 0.2) is 0 Å². The number of carbonyl (C=O) groups is 2. The molecule has 1 amide bonds. The van der Waals surface area contributed by atoms with E-state index in [0.29, 0.717) is 17.9 Å². The maximum atomic E-state index is 12.5. The minimum Gasteiger partial charge on any atom is -0.457 e. The first-order valence-electron chi connectivity index (χ1n) is 10.7. The van der Waals surface area contributed by atoms with Gasteiger partial charge < -0.3 is 15.0 Å². The van der Waals surface area contributed by atoms with Gasteiger partial charge in [-0.05, 0) is 74.4 Å². The average Bonchev–Trinajstić information content (AvgIpc) is 3.12. The van der Waals surface area contributed by atoms with Crippen molar-refractivity contribution in [1.82, 2.24) is 15.2 Å². The number of aryl methyl sites for hydroxylation is 2. The topological polar surface area (TPSA) is 71.5 Å². The van der Waals surface area contributed by atoms with Gasteiger partial charge in [0.25, 0.3) is 5.91 Å². The summed E-state index contributed by atoms with van der Waals surface area (Å²) < 4.78 is 5.15. The largest absolute Gasteiger partial charge is 0.457 e. The monoisotopic (exact) mass is 407 g/mol. The number of hydrogen-bond acceptors (Lipinski definition) is 5. The molecule has 2 aliphatic rings. The van der Waals surface area contributed by atoms with Crippen LogP contribution in [-0.2, 0) is 17.8 Å². The maximum Gasteiger partial charge on any atom is 0.338 e. The van der Waals surface area contributed by atoms with Gasteiger partial charge in [-0.25, -0.2) is 4.79 Å². The van der Waals surface area contributed by atoms with Crippen LogP contribution < -0.4 is 5.32 Å². The number of fused-ring (bicyclic) bond motifs is 1. The molecule has 6 nitrogen and oxygen atoms in total. The summed E-state index contributed by atoms with van der Waals surface area (Å²) >= 11 is 0. The normalized spacial score (nSPS) is 17.0. The summed E-state index contributed by atoms with van der Waals surface area (Å²) in [5, 5.41) is 3.14. The number of nitrogens with one attached hydrogen (secondary N) is 1. The third-order valence-electron chi connectivity index (χ3n) is 6.50. The van der Waals surface area contributed by atoms with Crippen molar-refractivity contribution in [1.29, 1.82) is 0 Å². The van der Waals surface area contributed by atoms with Gasteiger partial charge in [-0.2, -0.15) is 0 Å². The first kappa shape index (κ1) is 20.5. The predicted octanol–water partition coefficient (Wildman–Crippen LogP) is 3.11. The third-order valence-corrected chi connectivity index (χ3v) is 6.50. The van der Waals surface area contributed by atoms with Crippen LogP contribution in [0.5, 0.6) is 0 Å². The van der Waals surface area contributed by atoms with Crippen LogP contribution in [0.3, 0.4) is 0 Å². The number of hydrogen-bond donors (Lipinski definition) is 1. The first-order chi connectivity index (χ1) is 14.4.